The van der Waals surface area contributed by atoms with E-state index in [9.17, 15) is 9.59 Å². The molecule has 0 aliphatic rings. The molecule has 0 aromatic heterocycles. The molecule has 0 saturated carbocycles. The summed E-state index contributed by atoms with van der Waals surface area (Å²) in [5, 5.41) is 0. The second-order valence-electron chi connectivity index (χ2n) is 6.42. The molecule has 0 bridgehead atoms. The number of hydrogen-bond donors (Lipinski definition) is 2. The van der Waals surface area contributed by atoms with E-state index in [0.29, 0.717) is 0 Å². The van der Waals surface area contributed by atoms with Crippen LogP contribution in [0.5, 0.6) is 0 Å². The molecular weight excluding hydrogens is 328 g/mol. The van der Waals surface area contributed by atoms with E-state index in [2.05, 4.69) is 34.6 Å². The average Bonchev–Trinajstić information content (AvgIpc) is 2.65. The first-order valence-electron chi connectivity index (χ1n) is 8.91. The van der Waals surface area contributed by atoms with Gasteiger partial charge in [0.25, 0.3) is 5.91 Å². The first-order chi connectivity index (χ1) is 12.5. The normalized spacial score (nSPS) is 11.6. The maximum atomic E-state index is 11.7. The summed E-state index contributed by atoms with van der Waals surface area (Å²) in [6.45, 7) is 1.49. The van der Waals surface area contributed by atoms with Gasteiger partial charge in [-0.15, -0.1) is 0 Å². The lowest BCUT2D eigenvalue weighted by molar-refractivity contribution is -0.158. The lowest BCUT2D eigenvalue weighted by atomic mass is 10.0. The Kier molecular flexibility index (Phi) is 7.83. The number of carbonyl (C=O) groups is 2. The number of nitrogens with two attached hydrogens (primary N) is 1. The van der Waals surface area contributed by atoms with Gasteiger partial charge in [-0.1, -0.05) is 54.6 Å². The summed E-state index contributed by atoms with van der Waals surface area (Å²) >= 11 is 0. The van der Waals surface area contributed by atoms with E-state index in [1.807, 2.05) is 30.3 Å². The molecule has 138 valence electrons. The van der Waals surface area contributed by atoms with Crippen molar-refractivity contribution < 1.29 is 14.4 Å². The van der Waals surface area contributed by atoms with Crippen LogP contribution in [0.3, 0.4) is 0 Å². The summed E-state index contributed by atoms with van der Waals surface area (Å²) in [6, 6.07) is 17.7. The van der Waals surface area contributed by atoms with Gasteiger partial charge in [0, 0.05) is 0 Å². The molecule has 1 amide bonds. The second kappa shape index (κ2) is 10.4. The van der Waals surface area contributed by atoms with Crippen LogP contribution in [0.4, 0.5) is 0 Å². The van der Waals surface area contributed by atoms with Gasteiger partial charge in [0.2, 0.25) is 0 Å². The van der Waals surface area contributed by atoms with Crippen molar-refractivity contribution in [2.24, 2.45) is 5.73 Å². The van der Waals surface area contributed by atoms with Crippen molar-refractivity contribution in [3.8, 4) is 0 Å². The summed E-state index contributed by atoms with van der Waals surface area (Å²) in [6.07, 6.45) is 4.55. The number of hydrogen-bond acceptors (Lipinski definition) is 4. The van der Waals surface area contributed by atoms with Crippen molar-refractivity contribution in [2.45, 2.75) is 45.1 Å². The third kappa shape index (κ3) is 7.07. The summed E-state index contributed by atoms with van der Waals surface area (Å²) < 4.78 is 0. The Morgan fingerprint density at radius 3 is 2.04 bits per heavy atom. The highest BCUT2D eigenvalue weighted by molar-refractivity contribution is 5.81. The third-order valence-electron chi connectivity index (χ3n) is 4.05. The van der Waals surface area contributed by atoms with Gasteiger partial charge in [-0.3, -0.25) is 4.79 Å². The minimum Gasteiger partial charge on any atom is -0.339 e. The highest BCUT2D eigenvalue weighted by Gasteiger charge is 2.11. The van der Waals surface area contributed by atoms with Crippen LogP contribution >= 0.6 is 0 Å². The molecule has 0 saturated heterocycles. The topological polar surface area (TPSA) is 81.4 Å². The Bertz CT molecular complexity index is 697. The van der Waals surface area contributed by atoms with Gasteiger partial charge >= 0.3 is 5.97 Å². The van der Waals surface area contributed by atoms with Gasteiger partial charge in [0.1, 0.15) is 6.04 Å². The molecule has 3 N–H and O–H groups in total. The fourth-order valence-corrected chi connectivity index (χ4v) is 2.55. The van der Waals surface area contributed by atoms with Gasteiger partial charge < -0.3 is 10.6 Å². The molecule has 5 heteroatoms. The van der Waals surface area contributed by atoms with Crippen molar-refractivity contribution in [3.05, 3.63) is 71.3 Å². The monoisotopic (exact) mass is 354 g/mol. The van der Waals surface area contributed by atoms with Crippen LogP contribution in [-0.2, 0) is 33.7 Å². The molecule has 1 unspecified atom stereocenters. The Labute approximate surface area is 154 Å². The van der Waals surface area contributed by atoms with Crippen LogP contribution in [-0.4, -0.2) is 17.9 Å². The summed E-state index contributed by atoms with van der Waals surface area (Å²) in [5.74, 6) is -1.04. The predicted octanol–water partition coefficient (Wildman–Crippen LogP) is 2.72. The van der Waals surface area contributed by atoms with Crippen LogP contribution in [0.15, 0.2) is 54.6 Å². The molecule has 0 heterocycles. The second-order valence-corrected chi connectivity index (χ2v) is 6.42. The van der Waals surface area contributed by atoms with Crippen LogP contribution in [0.25, 0.3) is 0 Å². The largest absolute Gasteiger partial charge is 0.348 e. The molecule has 0 aliphatic carbocycles. The molecule has 0 radical (unpaired) electrons. The Morgan fingerprint density at radius 1 is 0.923 bits per heavy atom. The van der Waals surface area contributed by atoms with Gasteiger partial charge in [0.05, 0.1) is 6.42 Å². The Hall–Kier alpha value is -2.66. The van der Waals surface area contributed by atoms with Gasteiger partial charge in [-0.2, -0.15) is 5.48 Å². The van der Waals surface area contributed by atoms with Crippen molar-refractivity contribution in [3.63, 3.8) is 0 Å². The van der Waals surface area contributed by atoms with Crippen molar-refractivity contribution >= 4 is 11.9 Å². The van der Waals surface area contributed by atoms with E-state index in [-0.39, 0.29) is 12.3 Å². The molecule has 1 atom stereocenters. The molecule has 26 heavy (non-hydrogen) atoms. The van der Waals surface area contributed by atoms with Gasteiger partial charge in [0.15, 0.2) is 0 Å². The highest BCUT2D eigenvalue weighted by Crippen LogP contribution is 2.11. The first-order valence-corrected chi connectivity index (χ1v) is 8.91. The fourth-order valence-electron chi connectivity index (χ4n) is 2.55. The number of nitrogens with one attached hydrogen (secondary N) is 1. The highest BCUT2D eigenvalue weighted by atomic mass is 16.7. The van der Waals surface area contributed by atoms with Crippen molar-refractivity contribution in [2.75, 3.05) is 0 Å². The minimum atomic E-state index is -0.767. The Morgan fingerprint density at radius 2 is 1.46 bits per heavy atom. The van der Waals surface area contributed by atoms with Crippen molar-refractivity contribution in [1.29, 1.82) is 0 Å². The molecule has 0 fully saturated rings. The minimum absolute atomic E-state index is 0.153. The van der Waals surface area contributed by atoms with E-state index in [1.54, 1.807) is 0 Å². The number of amides is 1. The predicted molar refractivity (Wildman–Crippen MR) is 101 cm³/mol. The lowest BCUT2D eigenvalue weighted by Crippen LogP contribution is -2.36. The van der Waals surface area contributed by atoms with Crippen LogP contribution in [0.2, 0.25) is 0 Å². The van der Waals surface area contributed by atoms with Gasteiger partial charge in [-0.25, -0.2) is 4.79 Å². The zero-order chi connectivity index (χ0) is 18.8. The number of carbonyl (C=O) groups excluding carboxylic acids is 2. The molecule has 2 rings (SSSR count). The zero-order valence-electron chi connectivity index (χ0n) is 15.1. The molecule has 2 aromatic carbocycles. The fraction of sp³-hybridized carbons (Fsp3) is 0.333. The number of hydroxylamine groups is 1. The van der Waals surface area contributed by atoms with E-state index >= 15 is 0 Å². The maximum absolute atomic E-state index is 11.7. The molecule has 2 aromatic rings. The van der Waals surface area contributed by atoms with Gasteiger partial charge in [-0.05, 0) is 49.3 Å². The molecular formula is C21H26N2O3. The SMILES string of the molecule is CC(N)C(=O)ONC(=O)Cc1ccc(CCCCc2ccccc2)cc1. The quantitative estimate of drug-likeness (QED) is 0.564. The van der Waals surface area contributed by atoms with Crippen LogP contribution < -0.4 is 11.2 Å². The maximum Gasteiger partial charge on any atom is 0.348 e. The molecule has 0 aliphatic heterocycles. The number of unbranched alkanes of at least 4 members (excludes halogenated alkanes) is 1. The Balaban J connectivity index is 1.68. The number of benzene rings is 2. The zero-order valence-corrected chi connectivity index (χ0v) is 15.1. The van der Waals surface area contributed by atoms with E-state index < -0.39 is 12.0 Å². The number of aryl methyl sites for hydroxylation is 2. The van der Waals surface area contributed by atoms with Crippen LogP contribution in [0.1, 0.15) is 36.5 Å². The van der Waals surface area contributed by atoms with E-state index in [1.165, 1.54) is 18.1 Å². The van der Waals surface area contributed by atoms with E-state index in [0.717, 1.165) is 31.2 Å². The molecule has 0 spiro atoms. The summed E-state index contributed by atoms with van der Waals surface area (Å²) in [5.41, 5.74) is 11.0. The standard InChI is InChI=1S/C21H26N2O3/c1-16(22)21(25)26-23-20(24)15-19-13-11-18(12-14-19)10-6-5-9-17-7-3-2-4-8-17/h2-4,7-8,11-14,16H,5-6,9-10,15,22H2,1H3,(H,23,24). The third-order valence-corrected chi connectivity index (χ3v) is 4.05. The number of rotatable bonds is 8. The van der Waals surface area contributed by atoms with Crippen LogP contribution in [0, 0.1) is 0 Å². The summed E-state index contributed by atoms with van der Waals surface area (Å²) in [4.78, 5) is 27.5. The summed E-state index contributed by atoms with van der Waals surface area (Å²) in [7, 11) is 0. The smallest absolute Gasteiger partial charge is 0.339 e. The first kappa shape index (κ1) is 19.7. The molecule has 5 nitrogen and oxygen atoms in total. The average molecular weight is 354 g/mol. The lowest BCUT2D eigenvalue weighted by Gasteiger charge is -2.08. The van der Waals surface area contributed by atoms with E-state index in [4.69, 9.17) is 5.73 Å². The van der Waals surface area contributed by atoms with Crippen molar-refractivity contribution in [1.82, 2.24) is 5.48 Å².